The van der Waals surface area contributed by atoms with E-state index in [1.165, 1.54) is 12.8 Å². The number of alkyl carbamates (subject to hydrolysis) is 1. The zero-order chi connectivity index (χ0) is 21.6. The van der Waals surface area contributed by atoms with Crippen molar-refractivity contribution in [2.24, 2.45) is 0 Å². The molecule has 0 aliphatic heterocycles. The summed E-state index contributed by atoms with van der Waals surface area (Å²) in [7, 11) is 1.68. The van der Waals surface area contributed by atoms with Crippen LogP contribution in [0.4, 0.5) is 4.79 Å². The van der Waals surface area contributed by atoms with E-state index in [9.17, 15) is 4.79 Å². The number of carbonyl (C=O) groups is 1. The number of rotatable bonds is 9. The molecule has 0 bridgehead atoms. The van der Waals surface area contributed by atoms with Crippen LogP contribution in [0.3, 0.4) is 0 Å². The second-order valence-electron chi connectivity index (χ2n) is 8.50. The minimum Gasteiger partial charge on any atom is -0.496 e. The van der Waals surface area contributed by atoms with Crippen molar-refractivity contribution in [1.29, 1.82) is 0 Å². The number of methoxy groups -OCH3 is 1. The van der Waals surface area contributed by atoms with Crippen molar-refractivity contribution in [2.45, 2.75) is 51.8 Å². The van der Waals surface area contributed by atoms with Crippen molar-refractivity contribution in [3.8, 4) is 22.6 Å². The van der Waals surface area contributed by atoms with Crippen molar-refractivity contribution in [2.75, 3.05) is 20.3 Å². The van der Waals surface area contributed by atoms with Crippen LogP contribution in [0.2, 0.25) is 0 Å². The van der Waals surface area contributed by atoms with Gasteiger partial charge >= 0.3 is 6.09 Å². The topological polar surface area (TPSA) is 68.8 Å². The summed E-state index contributed by atoms with van der Waals surface area (Å²) in [6.45, 7) is 7.02. The van der Waals surface area contributed by atoms with Gasteiger partial charge in [-0.2, -0.15) is 0 Å². The van der Waals surface area contributed by atoms with Crippen LogP contribution < -0.4 is 20.1 Å². The summed E-state index contributed by atoms with van der Waals surface area (Å²) in [5.41, 5.74) is 2.69. The Kier molecular flexibility index (Phi) is 7.21. The Morgan fingerprint density at radius 1 is 1.13 bits per heavy atom. The van der Waals surface area contributed by atoms with Crippen LogP contribution in [-0.2, 0) is 11.3 Å². The highest BCUT2D eigenvalue weighted by Gasteiger charge is 2.20. The molecule has 0 spiro atoms. The van der Waals surface area contributed by atoms with E-state index in [2.05, 4.69) is 16.7 Å². The number of nitrogens with one attached hydrogen (secondary N) is 2. The molecule has 6 heteroatoms. The zero-order valence-electron chi connectivity index (χ0n) is 18.3. The van der Waals surface area contributed by atoms with E-state index < -0.39 is 11.7 Å². The molecule has 0 atom stereocenters. The largest absolute Gasteiger partial charge is 0.496 e. The van der Waals surface area contributed by atoms with E-state index in [0.29, 0.717) is 19.2 Å². The van der Waals surface area contributed by atoms with Crippen molar-refractivity contribution in [1.82, 2.24) is 10.6 Å². The van der Waals surface area contributed by atoms with Gasteiger partial charge in [-0.15, -0.1) is 0 Å². The van der Waals surface area contributed by atoms with Gasteiger partial charge in [-0.1, -0.05) is 18.2 Å². The van der Waals surface area contributed by atoms with Gasteiger partial charge in [-0.25, -0.2) is 4.79 Å². The molecule has 0 aromatic heterocycles. The third-order valence-corrected chi connectivity index (χ3v) is 4.60. The lowest BCUT2D eigenvalue weighted by atomic mass is 10.0. The molecule has 3 rings (SSSR count). The SMILES string of the molecule is COc1ccccc1-c1cc(CNC2CC2)cc(OCCNC(=O)OC(C)(C)C)c1. The molecule has 2 N–H and O–H groups in total. The number of benzene rings is 2. The van der Waals surface area contributed by atoms with Crippen LogP contribution in [0.15, 0.2) is 42.5 Å². The standard InChI is InChI=1S/C24H32N2O4/c1-24(2,3)30-23(27)25-11-12-29-20-14-17(16-26-19-9-10-19)13-18(15-20)21-7-5-6-8-22(21)28-4/h5-8,13-15,19,26H,9-12,16H2,1-4H3,(H,25,27). The molecule has 2 aromatic rings. The number of ether oxygens (including phenoxy) is 3. The van der Waals surface area contributed by atoms with E-state index >= 15 is 0 Å². The maximum absolute atomic E-state index is 11.8. The minimum atomic E-state index is -0.516. The van der Waals surface area contributed by atoms with Gasteiger partial charge in [0.2, 0.25) is 0 Å². The third-order valence-electron chi connectivity index (χ3n) is 4.60. The Bertz CT molecular complexity index is 857. The van der Waals surface area contributed by atoms with Crippen LogP contribution in [0.25, 0.3) is 11.1 Å². The molecule has 0 heterocycles. The van der Waals surface area contributed by atoms with E-state index in [0.717, 1.165) is 34.7 Å². The van der Waals surface area contributed by atoms with Crippen molar-refractivity contribution < 1.29 is 19.0 Å². The van der Waals surface area contributed by atoms with Gasteiger partial charge in [0.25, 0.3) is 0 Å². The monoisotopic (exact) mass is 412 g/mol. The molecular weight excluding hydrogens is 380 g/mol. The molecule has 1 fully saturated rings. The van der Waals surface area contributed by atoms with Gasteiger partial charge in [0, 0.05) is 18.2 Å². The number of hydrogen-bond acceptors (Lipinski definition) is 5. The number of para-hydroxylation sites is 1. The first-order valence-corrected chi connectivity index (χ1v) is 10.4. The fourth-order valence-electron chi connectivity index (χ4n) is 3.07. The molecule has 30 heavy (non-hydrogen) atoms. The van der Waals surface area contributed by atoms with Crippen LogP contribution in [0, 0.1) is 0 Å². The van der Waals surface area contributed by atoms with Gasteiger partial charge in [-0.05, 0) is 69.0 Å². The lowest BCUT2D eigenvalue weighted by Crippen LogP contribution is -2.34. The molecule has 1 saturated carbocycles. The van der Waals surface area contributed by atoms with Crippen molar-refractivity contribution >= 4 is 6.09 Å². The maximum Gasteiger partial charge on any atom is 0.407 e. The van der Waals surface area contributed by atoms with E-state index in [4.69, 9.17) is 14.2 Å². The van der Waals surface area contributed by atoms with Crippen LogP contribution in [-0.4, -0.2) is 38.0 Å². The second-order valence-corrected chi connectivity index (χ2v) is 8.50. The molecule has 1 aliphatic carbocycles. The minimum absolute atomic E-state index is 0.351. The quantitative estimate of drug-likeness (QED) is 0.593. The van der Waals surface area contributed by atoms with Crippen LogP contribution in [0.5, 0.6) is 11.5 Å². The van der Waals surface area contributed by atoms with Crippen molar-refractivity contribution in [3.05, 3.63) is 48.0 Å². The first kappa shape index (κ1) is 22.0. The Morgan fingerprint density at radius 3 is 2.60 bits per heavy atom. The summed E-state index contributed by atoms with van der Waals surface area (Å²) in [6.07, 6.45) is 2.04. The van der Waals surface area contributed by atoms with Gasteiger partial charge in [0.05, 0.1) is 13.7 Å². The average Bonchev–Trinajstić information content (AvgIpc) is 3.53. The highest BCUT2D eigenvalue weighted by atomic mass is 16.6. The fourth-order valence-corrected chi connectivity index (χ4v) is 3.07. The zero-order valence-corrected chi connectivity index (χ0v) is 18.3. The second kappa shape index (κ2) is 9.85. The highest BCUT2D eigenvalue weighted by molar-refractivity contribution is 5.72. The molecule has 2 aromatic carbocycles. The fraction of sp³-hybridized carbons (Fsp3) is 0.458. The first-order valence-electron chi connectivity index (χ1n) is 10.4. The Hall–Kier alpha value is -2.73. The molecule has 0 radical (unpaired) electrons. The van der Waals surface area contributed by atoms with E-state index in [-0.39, 0.29) is 0 Å². The summed E-state index contributed by atoms with van der Waals surface area (Å²) in [5.74, 6) is 1.58. The molecule has 162 valence electrons. The number of amides is 1. The van der Waals surface area contributed by atoms with E-state index in [1.54, 1.807) is 7.11 Å². The average molecular weight is 413 g/mol. The summed E-state index contributed by atoms with van der Waals surface area (Å²) in [5, 5.41) is 6.27. The normalized spacial score (nSPS) is 13.6. The highest BCUT2D eigenvalue weighted by Crippen LogP contribution is 2.33. The predicted molar refractivity (Wildman–Crippen MR) is 118 cm³/mol. The Balaban J connectivity index is 1.68. The summed E-state index contributed by atoms with van der Waals surface area (Å²) >= 11 is 0. The number of carbonyl (C=O) groups excluding carboxylic acids is 1. The first-order chi connectivity index (χ1) is 14.3. The summed E-state index contributed by atoms with van der Waals surface area (Å²) in [4.78, 5) is 11.8. The Morgan fingerprint density at radius 2 is 1.90 bits per heavy atom. The molecule has 0 unspecified atom stereocenters. The van der Waals surface area contributed by atoms with Gasteiger partial charge in [0.1, 0.15) is 23.7 Å². The summed E-state index contributed by atoms with van der Waals surface area (Å²) in [6, 6.07) is 14.8. The molecular formula is C24H32N2O4. The third kappa shape index (κ3) is 6.95. The van der Waals surface area contributed by atoms with Crippen molar-refractivity contribution in [3.63, 3.8) is 0 Å². The smallest absolute Gasteiger partial charge is 0.407 e. The summed E-state index contributed by atoms with van der Waals surface area (Å²) < 4.78 is 16.7. The lowest BCUT2D eigenvalue weighted by Gasteiger charge is -2.19. The molecule has 1 aliphatic rings. The predicted octanol–water partition coefficient (Wildman–Crippen LogP) is 4.52. The number of hydrogen-bond donors (Lipinski definition) is 2. The maximum atomic E-state index is 11.8. The van der Waals surface area contributed by atoms with Gasteiger partial charge in [0.15, 0.2) is 0 Å². The lowest BCUT2D eigenvalue weighted by molar-refractivity contribution is 0.0520. The Labute approximate surface area is 178 Å². The molecule has 1 amide bonds. The van der Waals surface area contributed by atoms with Gasteiger partial charge in [-0.3, -0.25) is 0 Å². The van der Waals surface area contributed by atoms with Crippen LogP contribution >= 0.6 is 0 Å². The molecule has 0 saturated heterocycles. The van der Waals surface area contributed by atoms with Crippen LogP contribution in [0.1, 0.15) is 39.2 Å². The van der Waals surface area contributed by atoms with E-state index in [1.807, 2.05) is 57.2 Å². The molecule has 6 nitrogen and oxygen atoms in total. The van der Waals surface area contributed by atoms with Gasteiger partial charge < -0.3 is 24.8 Å².